The first-order chi connectivity index (χ1) is 3.06. The van der Waals surface area contributed by atoms with E-state index in [4.69, 9.17) is 5.11 Å². The minimum absolute atomic E-state index is 0. The summed E-state index contributed by atoms with van der Waals surface area (Å²) in [7, 11) is -0.907. The number of aliphatic hydroxyl groups excluding tert-OH is 1. The summed E-state index contributed by atoms with van der Waals surface area (Å²) in [5.74, 6) is 0. The molecular weight excluding hydrogens is 127 g/mol. The monoisotopic (exact) mass is 142 g/mol. The zero-order valence-corrected chi connectivity index (χ0v) is 9.36. The molecule has 0 spiro atoms. The maximum Gasteiger partial charge on any atom is 1.00 e. The molecule has 0 aliphatic carbocycles. The second-order valence-electron chi connectivity index (χ2n) is 3.03. The van der Waals surface area contributed by atoms with Gasteiger partial charge in [-0.3, -0.25) is 0 Å². The molecule has 0 amide bonds. The molecule has 0 bridgehead atoms. The van der Waals surface area contributed by atoms with Crippen molar-refractivity contribution < 1.29 is 36.1 Å². The normalized spacial score (nSPS) is 10.5. The molecule has 0 saturated heterocycles. The summed E-state index contributed by atoms with van der Waals surface area (Å²) in [5, 5.41) is 8.44. The molecule has 0 atom stereocenters. The van der Waals surface area contributed by atoms with E-state index in [9.17, 15) is 0 Å². The van der Waals surface area contributed by atoms with Crippen LogP contribution in [0.2, 0.25) is 25.7 Å². The summed E-state index contributed by atoms with van der Waals surface area (Å²) in [6, 6.07) is 1.03. The fraction of sp³-hybridized carbons (Fsp3) is 1.00. The third-order valence-corrected chi connectivity index (χ3v) is 2.59. The Morgan fingerprint density at radius 1 is 1.38 bits per heavy atom. The molecule has 0 fully saturated rings. The molecule has 1 N–H and O–H groups in total. The maximum absolute atomic E-state index is 8.44. The maximum atomic E-state index is 8.44. The van der Waals surface area contributed by atoms with Gasteiger partial charge in [0.1, 0.15) is 0 Å². The summed E-state index contributed by atoms with van der Waals surface area (Å²) in [6.45, 7) is 7.13. The van der Waals surface area contributed by atoms with Crippen LogP contribution in [0.1, 0.15) is 1.43 Å². The van der Waals surface area contributed by atoms with Crippen LogP contribution in [-0.2, 0) is 0 Å². The van der Waals surface area contributed by atoms with E-state index < -0.39 is 8.07 Å². The second kappa shape index (κ2) is 5.00. The molecule has 3 heteroatoms. The van der Waals surface area contributed by atoms with Crippen LogP contribution >= 0.6 is 0 Å². The number of aliphatic hydroxyl groups is 1. The molecule has 0 saturated carbocycles. The van der Waals surface area contributed by atoms with E-state index in [1.807, 2.05) is 0 Å². The van der Waals surface area contributed by atoms with Crippen molar-refractivity contribution in [2.24, 2.45) is 0 Å². The Hall–Kier alpha value is 1.18. The van der Waals surface area contributed by atoms with Gasteiger partial charge >= 0.3 is 29.6 Å². The van der Waals surface area contributed by atoms with Gasteiger partial charge in [-0.15, -0.1) is 0 Å². The van der Waals surface area contributed by atoms with Gasteiger partial charge in [0.25, 0.3) is 0 Å². The van der Waals surface area contributed by atoms with Crippen LogP contribution in [0.4, 0.5) is 0 Å². The van der Waals surface area contributed by atoms with Crippen LogP contribution in [0, 0.1) is 0 Å². The van der Waals surface area contributed by atoms with Crippen molar-refractivity contribution in [2.45, 2.75) is 25.7 Å². The molecule has 0 aromatic carbocycles. The molecule has 0 aliphatic heterocycles. The van der Waals surface area contributed by atoms with Crippen molar-refractivity contribution in [3.05, 3.63) is 0 Å². The number of hydrogen-bond donors (Lipinski definition) is 1. The summed E-state index contributed by atoms with van der Waals surface area (Å²) in [5.41, 5.74) is 0. The van der Waals surface area contributed by atoms with Gasteiger partial charge in [-0.1, -0.05) is 19.6 Å². The topological polar surface area (TPSA) is 20.2 Å². The van der Waals surface area contributed by atoms with Gasteiger partial charge in [-0.05, 0) is 6.04 Å². The predicted molar refractivity (Wildman–Crippen MR) is 36.4 cm³/mol. The molecule has 46 valence electrons. The van der Waals surface area contributed by atoms with Crippen LogP contribution in [0.3, 0.4) is 0 Å². The Morgan fingerprint density at radius 2 is 1.75 bits per heavy atom. The van der Waals surface area contributed by atoms with Crippen molar-refractivity contribution in [3.63, 3.8) is 0 Å². The van der Waals surface area contributed by atoms with Gasteiger partial charge in [0.2, 0.25) is 0 Å². The summed E-state index contributed by atoms with van der Waals surface area (Å²) in [6.07, 6.45) is 0. The zero-order chi connectivity index (χ0) is 5.91. The average molecular weight is 142 g/mol. The van der Waals surface area contributed by atoms with Gasteiger partial charge in [-0.25, -0.2) is 0 Å². The van der Waals surface area contributed by atoms with Crippen LogP contribution in [0.15, 0.2) is 0 Å². The first-order valence-corrected chi connectivity index (χ1v) is 6.38. The van der Waals surface area contributed by atoms with Crippen LogP contribution in [0.25, 0.3) is 0 Å². The summed E-state index contributed by atoms with van der Waals surface area (Å²) in [4.78, 5) is 0. The largest absolute Gasteiger partial charge is 1.00 e. The van der Waals surface area contributed by atoms with Crippen molar-refractivity contribution in [1.82, 2.24) is 0 Å². The molecule has 0 radical (unpaired) electrons. The SMILES string of the molecule is C[Si](C)(C)CCO.[H-].[Na+]. The Kier molecular flexibility index (Phi) is 7.45. The van der Waals surface area contributed by atoms with Crippen molar-refractivity contribution in [2.75, 3.05) is 6.61 Å². The molecule has 0 aromatic heterocycles. The molecule has 8 heavy (non-hydrogen) atoms. The molecule has 0 aliphatic rings. The van der Waals surface area contributed by atoms with E-state index in [-0.39, 0.29) is 31.0 Å². The molecule has 0 rings (SSSR count). The molecule has 1 nitrogen and oxygen atoms in total. The number of hydrogen-bond acceptors (Lipinski definition) is 1. The standard InChI is InChI=1S/C5H14OSi.Na.H/c1-7(2,3)5-4-6;;/h6H,4-5H2,1-3H3;;/q;+1;-1. The van der Waals surface area contributed by atoms with E-state index in [1.54, 1.807) is 0 Å². The molecule has 0 heterocycles. The van der Waals surface area contributed by atoms with E-state index in [0.29, 0.717) is 6.61 Å². The van der Waals surface area contributed by atoms with Gasteiger partial charge < -0.3 is 6.53 Å². The van der Waals surface area contributed by atoms with Crippen molar-refractivity contribution >= 4 is 8.07 Å². The van der Waals surface area contributed by atoms with Gasteiger partial charge in [0.05, 0.1) is 0 Å². The van der Waals surface area contributed by atoms with E-state index in [1.165, 1.54) is 0 Å². The van der Waals surface area contributed by atoms with Crippen LogP contribution in [-0.4, -0.2) is 19.8 Å². The van der Waals surface area contributed by atoms with E-state index >= 15 is 0 Å². The minimum Gasteiger partial charge on any atom is -1.00 e. The summed E-state index contributed by atoms with van der Waals surface area (Å²) >= 11 is 0. The van der Waals surface area contributed by atoms with E-state index in [0.717, 1.165) is 6.04 Å². The van der Waals surface area contributed by atoms with Gasteiger partial charge in [0, 0.05) is 14.7 Å². The molecule has 0 aromatic rings. The van der Waals surface area contributed by atoms with Crippen molar-refractivity contribution in [3.8, 4) is 0 Å². The Labute approximate surface area is 76.3 Å². The van der Waals surface area contributed by atoms with Gasteiger partial charge in [0.15, 0.2) is 0 Å². The number of rotatable bonds is 2. The summed E-state index contributed by atoms with van der Waals surface area (Å²) < 4.78 is 0. The Balaban J connectivity index is -0.000000180. The third-order valence-electron chi connectivity index (χ3n) is 0.862. The first kappa shape index (κ1) is 11.9. The Morgan fingerprint density at radius 3 is 1.75 bits per heavy atom. The van der Waals surface area contributed by atoms with Crippen LogP contribution < -0.4 is 29.6 Å². The second-order valence-corrected chi connectivity index (χ2v) is 8.66. The fourth-order valence-corrected chi connectivity index (χ4v) is 1.01. The molecule has 0 unspecified atom stereocenters. The Bertz CT molecular complexity index is 55.4. The van der Waals surface area contributed by atoms with Gasteiger partial charge in [-0.2, -0.15) is 0 Å². The molecular formula is C5H15NaOSi. The van der Waals surface area contributed by atoms with Crippen molar-refractivity contribution in [1.29, 1.82) is 0 Å². The third kappa shape index (κ3) is 10.2. The first-order valence-electron chi connectivity index (χ1n) is 2.67. The average Bonchev–Trinajstić information content (AvgIpc) is 1.30. The van der Waals surface area contributed by atoms with Crippen LogP contribution in [0.5, 0.6) is 0 Å². The quantitative estimate of drug-likeness (QED) is 0.462. The minimum atomic E-state index is -0.907. The zero-order valence-electron chi connectivity index (χ0n) is 7.36. The predicted octanol–water partition coefficient (Wildman–Crippen LogP) is -1.57. The smallest absolute Gasteiger partial charge is 1.00 e. The van der Waals surface area contributed by atoms with E-state index in [2.05, 4.69) is 19.6 Å². The fourth-order valence-electron chi connectivity index (χ4n) is 0.335.